The molecule has 1 fully saturated rings. The molecule has 90 valence electrons. The third-order valence-electron chi connectivity index (χ3n) is 2.88. The van der Waals surface area contributed by atoms with Gasteiger partial charge >= 0.3 is 0 Å². The number of carbonyl (C=O) groups is 1. The van der Waals surface area contributed by atoms with Crippen LogP contribution in [0.5, 0.6) is 0 Å². The molecule has 2 unspecified atom stereocenters. The van der Waals surface area contributed by atoms with E-state index in [1.807, 2.05) is 0 Å². The largest absolute Gasteiger partial charge is 0.355 e. The van der Waals surface area contributed by atoms with Crippen molar-refractivity contribution in [2.24, 2.45) is 0 Å². The summed E-state index contributed by atoms with van der Waals surface area (Å²) in [5.74, 6) is 0.0479. The van der Waals surface area contributed by atoms with Crippen molar-refractivity contribution in [2.75, 3.05) is 12.3 Å². The van der Waals surface area contributed by atoms with Gasteiger partial charge in [-0.1, -0.05) is 6.08 Å². The molecular formula is C10H16N2O3S. The third kappa shape index (κ3) is 2.82. The lowest BCUT2D eigenvalue weighted by molar-refractivity contribution is -0.122. The van der Waals surface area contributed by atoms with E-state index in [9.17, 15) is 13.2 Å². The van der Waals surface area contributed by atoms with Gasteiger partial charge in [0, 0.05) is 18.0 Å². The normalized spacial score (nSPS) is 33.4. The van der Waals surface area contributed by atoms with Gasteiger partial charge < -0.3 is 5.32 Å². The molecule has 0 bridgehead atoms. The number of hydrogen-bond acceptors (Lipinski definition) is 4. The van der Waals surface area contributed by atoms with Gasteiger partial charge in [0.1, 0.15) is 0 Å². The Hall–Kier alpha value is -0.880. The molecule has 2 N–H and O–H groups in total. The fourth-order valence-electron chi connectivity index (χ4n) is 2.04. The van der Waals surface area contributed by atoms with Crippen LogP contribution in [0.4, 0.5) is 0 Å². The van der Waals surface area contributed by atoms with Gasteiger partial charge in [0.15, 0.2) is 9.84 Å². The standard InChI is InChI=1S/C10H16N2O3S/c13-10-9(3-1-2-5-11-10)12-8-4-6-16(14,15)7-8/h4,6,8-9,12H,1-3,5,7H2,(H,11,13). The van der Waals surface area contributed by atoms with Crippen molar-refractivity contribution in [3.8, 4) is 0 Å². The van der Waals surface area contributed by atoms with Gasteiger partial charge in [0.25, 0.3) is 0 Å². The second-order valence-electron chi connectivity index (χ2n) is 4.27. The zero-order valence-corrected chi connectivity index (χ0v) is 9.79. The molecule has 6 heteroatoms. The van der Waals surface area contributed by atoms with E-state index in [1.54, 1.807) is 6.08 Å². The van der Waals surface area contributed by atoms with Gasteiger partial charge in [0.05, 0.1) is 11.8 Å². The van der Waals surface area contributed by atoms with Crippen molar-refractivity contribution in [2.45, 2.75) is 31.3 Å². The van der Waals surface area contributed by atoms with Crippen molar-refractivity contribution in [3.05, 3.63) is 11.5 Å². The first-order valence-corrected chi connectivity index (χ1v) is 7.23. The minimum Gasteiger partial charge on any atom is -0.355 e. The Kier molecular flexibility index (Phi) is 3.30. The molecule has 2 aliphatic heterocycles. The molecule has 2 heterocycles. The van der Waals surface area contributed by atoms with E-state index < -0.39 is 9.84 Å². The van der Waals surface area contributed by atoms with Crippen LogP contribution in [0.1, 0.15) is 19.3 Å². The lowest BCUT2D eigenvalue weighted by Crippen LogP contribution is -2.47. The molecule has 2 atom stereocenters. The predicted molar refractivity (Wildman–Crippen MR) is 60.5 cm³/mol. The lowest BCUT2D eigenvalue weighted by Gasteiger charge is -2.18. The highest BCUT2D eigenvalue weighted by atomic mass is 32.2. The van der Waals surface area contributed by atoms with Gasteiger partial charge in [-0.25, -0.2) is 8.42 Å². The molecule has 1 amide bonds. The van der Waals surface area contributed by atoms with Gasteiger partial charge in [-0.2, -0.15) is 0 Å². The predicted octanol–water partition coefficient (Wildman–Crippen LogP) is -0.445. The van der Waals surface area contributed by atoms with E-state index in [0.717, 1.165) is 25.8 Å². The van der Waals surface area contributed by atoms with E-state index in [-0.39, 0.29) is 23.7 Å². The first-order valence-electron chi connectivity index (χ1n) is 5.51. The smallest absolute Gasteiger partial charge is 0.237 e. The molecule has 2 aliphatic rings. The van der Waals surface area contributed by atoms with Gasteiger partial charge in [-0.05, 0) is 19.3 Å². The van der Waals surface area contributed by atoms with Crippen molar-refractivity contribution in [3.63, 3.8) is 0 Å². The zero-order chi connectivity index (χ0) is 11.6. The van der Waals surface area contributed by atoms with E-state index in [4.69, 9.17) is 0 Å². The van der Waals surface area contributed by atoms with Crippen LogP contribution in [0, 0.1) is 0 Å². The molecule has 0 aromatic carbocycles. The molecule has 0 aliphatic carbocycles. The minimum absolute atomic E-state index is 0.0183. The number of rotatable bonds is 2. The fourth-order valence-corrected chi connectivity index (χ4v) is 3.28. The second kappa shape index (κ2) is 4.55. The van der Waals surface area contributed by atoms with E-state index in [1.165, 1.54) is 5.41 Å². The maximum absolute atomic E-state index is 11.6. The number of hydrogen-bond donors (Lipinski definition) is 2. The molecule has 0 spiro atoms. The van der Waals surface area contributed by atoms with Gasteiger partial charge in [-0.15, -0.1) is 0 Å². The number of amides is 1. The maximum atomic E-state index is 11.6. The SMILES string of the molecule is O=C1NCCCCC1NC1C=CS(=O)(=O)C1. The maximum Gasteiger partial charge on any atom is 0.237 e. The topological polar surface area (TPSA) is 75.3 Å². The Morgan fingerprint density at radius 2 is 2.19 bits per heavy atom. The highest BCUT2D eigenvalue weighted by molar-refractivity contribution is 7.94. The van der Waals surface area contributed by atoms with Crippen LogP contribution in [0.2, 0.25) is 0 Å². The number of sulfone groups is 1. The molecule has 0 radical (unpaired) electrons. The summed E-state index contributed by atoms with van der Waals surface area (Å²) in [6, 6.07) is -0.482. The summed E-state index contributed by atoms with van der Waals surface area (Å²) in [4.78, 5) is 11.6. The van der Waals surface area contributed by atoms with Crippen molar-refractivity contribution in [1.82, 2.24) is 10.6 Å². The average molecular weight is 244 g/mol. The first kappa shape index (κ1) is 11.6. The van der Waals surface area contributed by atoms with Crippen molar-refractivity contribution in [1.29, 1.82) is 0 Å². The summed E-state index contributed by atoms with van der Waals surface area (Å²) in [5.41, 5.74) is 0. The Bertz CT molecular complexity index is 402. The van der Waals surface area contributed by atoms with Gasteiger partial charge in [-0.3, -0.25) is 10.1 Å². The quantitative estimate of drug-likeness (QED) is 0.690. The Balaban J connectivity index is 1.94. The summed E-state index contributed by atoms with van der Waals surface area (Å²) in [6.07, 6.45) is 4.37. The van der Waals surface area contributed by atoms with Crippen molar-refractivity contribution < 1.29 is 13.2 Å². The molecule has 16 heavy (non-hydrogen) atoms. The van der Waals surface area contributed by atoms with Crippen LogP contribution in [-0.4, -0.2) is 38.7 Å². The summed E-state index contributed by atoms with van der Waals surface area (Å²) < 4.78 is 22.4. The van der Waals surface area contributed by atoms with E-state index >= 15 is 0 Å². The van der Waals surface area contributed by atoms with Crippen LogP contribution in [0.25, 0.3) is 0 Å². The monoisotopic (exact) mass is 244 g/mol. The zero-order valence-electron chi connectivity index (χ0n) is 8.98. The minimum atomic E-state index is -3.05. The Morgan fingerprint density at radius 3 is 2.88 bits per heavy atom. The number of nitrogens with one attached hydrogen (secondary N) is 2. The number of carbonyl (C=O) groups excluding carboxylic acids is 1. The Labute approximate surface area is 95.2 Å². The second-order valence-corrected chi connectivity index (χ2v) is 6.20. The van der Waals surface area contributed by atoms with Crippen LogP contribution < -0.4 is 10.6 Å². The van der Waals surface area contributed by atoms with Crippen molar-refractivity contribution >= 4 is 15.7 Å². The molecular weight excluding hydrogens is 228 g/mol. The third-order valence-corrected chi connectivity index (χ3v) is 4.28. The molecule has 0 saturated carbocycles. The average Bonchev–Trinajstić information content (AvgIpc) is 2.41. The highest BCUT2D eigenvalue weighted by Crippen LogP contribution is 2.12. The molecule has 5 nitrogen and oxygen atoms in total. The molecule has 0 aromatic rings. The Morgan fingerprint density at radius 1 is 1.38 bits per heavy atom. The highest BCUT2D eigenvalue weighted by Gasteiger charge is 2.27. The van der Waals surface area contributed by atoms with Crippen LogP contribution in [-0.2, 0) is 14.6 Å². The van der Waals surface area contributed by atoms with E-state index in [0.29, 0.717) is 0 Å². The van der Waals surface area contributed by atoms with E-state index in [2.05, 4.69) is 10.6 Å². The summed E-state index contributed by atoms with van der Waals surface area (Å²) in [6.45, 7) is 0.718. The summed E-state index contributed by atoms with van der Waals surface area (Å²) in [7, 11) is -3.05. The molecule has 2 rings (SSSR count). The van der Waals surface area contributed by atoms with Gasteiger partial charge in [0.2, 0.25) is 5.91 Å². The first-order chi connectivity index (χ1) is 7.57. The lowest BCUT2D eigenvalue weighted by atomic mass is 10.1. The fraction of sp³-hybridized carbons (Fsp3) is 0.700. The molecule has 1 saturated heterocycles. The van der Waals surface area contributed by atoms with Crippen LogP contribution in [0.15, 0.2) is 11.5 Å². The summed E-state index contributed by atoms with van der Waals surface area (Å²) in [5, 5.41) is 7.12. The molecule has 0 aromatic heterocycles. The van der Waals surface area contributed by atoms with Crippen LogP contribution >= 0.6 is 0 Å². The van der Waals surface area contributed by atoms with Crippen LogP contribution in [0.3, 0.4) is 0 Å². The summed E-state index contributed by atoms with van der Waals surface area (Å²) >= 11 is 0.